The Morgan fingerprint density at radius 3 is 2.52 bits per heavy atom. The molecule has 2 N–H and O–H groups in total. The highest BCUT2D eigenvalue weighted by molar-refractivity contribution is 7.90. The van der Waals surface area contributed by atoms with Gasteiger partial charge in [0.25, 0.3) is 0 Å². The molecule has 0 saturated heterocycles. The predicted octanol–water partition coefficient (Wildman–Crippen LogP) is 0.695. The SMILES string of the molecule is CS(=O)(=O)CCC(N)C(=O)N(CCC#N)c1ccccc1. The molecule has 0 saturated carbocycles. The van der Waals surface area contributed by atoms with Crippen LogP contribution in [0.25, 0.3) is 0 Å². The summed E-state index contributed by atoms with van der Waals surface area (Å²) in [5, 5.41) is 8.69. The van der Waals surface area contributed by atoms with Gasteiger partial charge in [-0.15, -0.1) is 0 Å². The molecule has 0 bridgehead atoms. The minimum atomic E-state index is -3.16. The Bertz CT molecular complexity index is 608. The summed E-state index contributed by atoms with van der Waals surface area (Å²) in [6.07, 6.45) is 1.35. The molecule has 1 unspecified atom stereocenters. The van der Waals surface area contributed by atoms with Crippen molar-refractivity contribution in [3.05, 3.63) is 30.3 Å². The zero-order valence-electron chi connectivity index (χ0n) is 11.9. The van der Waals surface area contributed by atoms with E-state index in [1.807, 2.05) is 12.1 Å². The zero-order chi connectivity index (χ0) is 15.9. The quantitative estimate of drug-likeness (QED) is 0.798. The van der Waals surface area contributed by atoms with Crippen molar-refractivity contribution < 1.29 is 13.2 Å². The number of benzene rings is 1. The largest absolute Gasteiger partial charge is 0.320 e. The minimum Gasteiger partial charge on any atom is -0.320 e. The van der Waals surface area contributed by atoms with Gasteiger partial charge in [-0.3, -0.25) is 4.79 Å². The van der Waals surface area contributed by atoms with Gasteiger partial charge in [0.2, 0.25) is 5.91 Å². The van der Waals surface area contributed by atoms with Gasteiger partial charge < -0.3 is 10.6 Å². The van der Waals surface area contributed by atoms with Crippen molar-refractivity contribution in [1.29, 1.82) is 5.26 Å². The molecular weight excluding hydrogens is 290 g/mol. The summed E-state index contributed by atoms with van der Waals surface area (Å²) in [6, 6.07) is 9.96. The molecule has 0 radical (unpaired) electrons. The number of nitrogens with two attached hydrogens (primary N) is 1. The second-order valence-corrected chi connectivity index (χ2v) is 7.02. The number of carbonyl (C=O) groups excluding carboxylic acids is 1. The molecule has 0 aliphatic heterocycles. The first-order valence-corrected chi connectivity index (χ1v) is 8.58. The van der Waals surface area contributed by atoms with Crippen LogP contribution in [0.2, 0.25) is 0 Å². The molecule has 1 amide bonds. The van der Waals surface area contributed by atoms with Crippen LogP contribution in [-0.2, 0) is 14.6 Å². The molecule has 0 aromatic heterocycles. The highest BCUT2D eigenvalue weighted by Gasteiger charge is 2.23. The van der Waals surface area contributed by atoms with Crippen LogP contribution < -0.4 is 10.6 Å². The van der Waals surface area contributed by atoms with Crippen LogP contribution in [0.3, 0.4) is 0 Å². The van der Waals surface area contributed by atoms with Crippen LogP contribution in [0.15, 0.2) is 30.3 Å². The van der Waals surface area contributed by atoms with Crippen molar-refractivity contribution in [2.45, 2.75) is 18.9 Å². The van der Waals surface area contributed by atoms with Crippen LogP contribution >= 0.6 is 0 Å². The van der Waals surface area contributed by atoms with E-state index in [0.717, 1.165) is 6.26 Å². The highest BCUT2D eigenvalue weighted by Crippen LogP contribution is 2.15. The van der Waals surface area contributed by atoms with Gasteiger partial charge in [0.1, 0.15) is 9.84 Å². The van der Waals surface area contributed by atoms with Gasteiger partial charge in [-0.2, -0.15) is 5.26 Å². The van der Waals surface area contributed by atoms with Crippen molar-refractivity contribution in [2.75, 3.05) is 23.5 Å². The van der Waals surface area contributed by atoms with E-state index in [9.17, 15) is 13.2 Å². The summed E-state index contributed by atoms with van der Waals surface area (Å²) < 4.78 is 22.3. The van der Waals surface area contributed by atoms with Crippen molar-refractivity contribution >= 4 is 21.4 Å². The zero-order valence-corrected chi connectivity index (χ0v) is 12.7. The first-order valence-electron chi connectivity index (χ1n) is 6.52. The average molecular weight is 309 g/mol. The Kier molecular flexibility index (Phi) is 6.34. The topological polar surface area (TPSA) is 104 Å². The van der Waals surface area contributed by atoms with E-state index in [4.69, 9.17) is 11.0 Å². The summed E-state index contributed by atoms with van der Waals surface area (Å²) in [6.45, 7) is 0.228. The molecule has 7 heteroatoms. The standard InChI is InChI=1S/C14H19N3O3S/c1-21(19,20)11-8-13(16)14(18)17(10-5-9-15)12-6-3-2-4-7-12/h2-4,6-7,13H,5,8,10-11,16H2,1H3. The van der Waals surface area contributed by atoms with Crippen molar-refractivity contribution in [3.8, 4) is 6.07 Å². The highest BCUT2D eigenvalue weighted by atomic mass is 32.2. The second-order valence-electron chi connectivity index (χ2n) is 4.76. The fourth-order valence-electron chi connectivity index (χ4n) is 1.80. The maximum Gasteiger partial charge on any atom is 0.243 e. The van der Waals surface area contributed by atoms with Crippen LogP contribution in [0, 0.1) is 11.3 Å². The number of nitriles is 1. The lowest BCUT2D eigenvalue weighted by Crippen LogP contribution is -2.45. The maximum absolute atomic E-state index is 12.4. The third kappa shape index (κ3) is 5.94. The van der Waals surface area contributed by atoms with E-state index in [1.54, 1.807) is 24.3 Å². The molecule has 1 atom stereocenters. The summed E-state index contributed by atoms with van der Waals surface area (Å²) >= 11 is 0. The number of carbonyl (C=O) groups is 1. The Morgan fingerprint density at radius 1 is 1.38 bits per heavy atom. The first kappa shape index (κ1) is 17.1. The normalized spacial score (nSPS) is 12.4. The van der Waals surface area contributed by atoms with E-state index in [2.05, 4.69) is 0 Å². The average Bonchev–Trinajstić information content (AvgIpc) is 2.45. The van der Waals surface area contributed by atoms with Gasteiger partial charge in [0.05, 0.1) is 24.3 Å². The van der Waals surface area contributed by atoms with Crippen LogP contribution in [0.4, 0.5) is 5.69 Å². The lowest BCUT2D eigenvalue weighted by Gasteiger charge is -2.25. The predicted molar refractivity (Wildman–Crippen MR) is 81.3 cm³/mol. The molecular formula is C14H19N3O3S. The first-order chi connectivity index (χ1) is 9.85. The lowest BCUT2D eigenvalue weighted by molar-refractivity contribution is -0.119. The van der Waals surface area contributed by atoms with Crippen molar-refractivity contribution in [2.24, 2.45) is 5.73 Å². The number of sulfone groups is 1. The molecule has 21 heavy (non-hydrogen) atoms. The summed E-state index contributed by atoms with van der Waals surface area (Å²) in [4.78, 5) is 13.8. The number of anilines is 1. The minimum absolute atomic E-state index is 0.0630. The number of rotatable bonds is 7. The molecule has 1 rings (SSSR count). The number of para-hydroxylation sites is 1. The van der Waals surface area contributed by atoms with E-state index in [0.29, 0.717) is 5.69 Å². The molecule has 0 heterocycles. The number of amides is 1. The molecule has 0 aliphatic carbocycles. The molecule has 1 aromatic rings. The second kappa shape index (κ2) is 7.76. The molecule has 0 spiro atoms. The molecule has 0 fully saturated rings. The van der Waals surface area contributed by atoms with Crippen LogP contribution in [-0.4, -0.2) is 38.9 Å². The van der Waals surface area contributed by atoms with Gasteiger partial charge in [-0.05, 0) is 18.6 Å². The number of nitrogens with zero attached hydrogens (tertiary/aromatic N) is 2. The van der Waals surface area contributed by atoms with E-state index < -0.39 is 15.9 Å². The van der Waals surface area contributed by atoms with Crippen LogP contribution in [0.5, 0.6) is 0 Å². The third-order valence-electron chi connectivity index (χ3n) is 2.90. The maximum atomic E-state index is 12.4. The van der Waals surface area contributed by atoms with Gasteiger partial charge in [0, 0.05) is 18.5 Å². The molecule has 0 aliphatic rings. The molecule has 6 nitrogen and oxygen atoms in total. The smallest absolute Gasteiger partial charge is 0.243 e. The number of hydrogen-bond acceptors (Lipinski definition) is 5. The monoisotopic (exact) mass is 309 g/mol. The summed E-state index contributed by atoms with van der Waals surface area (Å²) in [5.74, 6) is -0.513. The van der Waals surface area contributed by atoms with Gasteiger partial charge in [0.15, 0.2) is 0 Å². The number of hydrogen-bond donors (Lipinski definition) is 1. The summed E-state index contributed by atoms with van der Waals surface area (Å²) in [5.41, 5.74) is 6.44. The fraction of sp³-hybridized carbons (Fsp3) is 0.429. The Morgan fingerprint density at radius 2 is 2.00 bits per heavy atom. The lowest BCUT2D eigenvalue weighted by atomic mass is 10.2. The van der Waals surface area contributed by atoms with Gasteiger partial charge >= 0.3 is 0 Å². The van der Waals surface area contributed by atoms with E-state index in [-0.39, 0.29) is 31.0 Å². The van der Waals surface area contributed by atoms with E-state index >= 15 is 0 Å². The van der Waals surface area contributed by atoms with Gasteiger partial charge in [-0.1, -0.05) is 18.2 Å². The Balaban J connectivity index is 2.83. The van der Waals surface area contributed by atoms with Crippen LogP contribution in [0.1, 0.15) is 12.8 Å². The Hall–Kier alpha value is -1.91. The van der Waals surface area contributed by atoms with E-state index in [1.165, 1.54) is 4.90 Å². The summed E-state index contributed by atoms with van der Waals surface area (Å²) in [7, 11) is -3.16. The molecule has 1 aromatic carbocycles. The fourth-order valence-corrected chi connectivity index (χ4v) is 2.48. The van der Waals surface area contributed by atoms with Crippen molar-refractivity contribution in [1.82, 2.24) is 0 Å². The van der Waals surface area contributed by atoms with Gasteiger partial charge in [-0.25, -0.2) is 8.42 Å². The van der Waals surface area contributed by atoms with Crippen molar-refractivity contribution in [3.63, 3.8) is 0 Å². The third-order valence-corrected chi connectivity index (χ3v) is 3.88. The molecule has 114 valence electrons. The Labute approximate surface area is 125 Å².